The molecule has 0 heterocycles. The topological polar surface area (TPSA) is 86.8 Å². The van der Waals surface area contributed by atoms with Gasteiger partial charge in [-0.15, -0.1) is 0 Å². The number of hydrogen-bond donors (Lipinski definition) is 1. The number of carbonyl (C=O) groups is 2. The zero-order chi connectivity index (χ0) is 24.9. The lowest BCUT2D eigenvalue weighted by atomic mass is 10.1. The average molecular weight is 486 g/mol. The maximum absolute atomic E-state index is 13.6. The van der Waals surface area contributed by atoms with Crippen molar-refractivity contribution in [2.24, 2.45) is 0 Å². The van der Waals surface area contributed by atoms with Gasteiger partial charge in [0.15, 0.2) is 0 Å². The van der Waals surface area contributed by atoms with E-state index in [1.165, 1.54) is 4.90 Å². The minimum absolute atomic E-state index is 0.130. The molecule has 1 N–H and O–H groups in total. The molecule has 0 aromatic heterocycles. The van der Waals surface area contributed by atoms with Crippen molar-refractivity contribution in [2.75, 3.05) is 17.1 Å². The molecule has 0 saturated heterocycles. The highest BCUT2D eigenvalue weighted by Gasteiger charge is 2.32. The Hall–Kier alpha value is -2.87. The monoisotopic (exact) mass is 485 g/mol. The number of carbonyl (C=O) groups excluding carboxylic acids is 2. The molecule has 0 spiro atoms. The molecule has 8 heteroatoms. The van der Waals surface area contributed by atoms with Crippen LogP contribution in [-0.4, -0.2) is 50.0 Å². The molecule has 0 radical (unpaired) electrons. The van der Waals surface area contributed by atoms with E-state index in [1.807, 2.05) is 62.4 Å². The number of para-hydroxylation sites is 1. The van der Waals surface area contributed by atoms with Crippen molar-refractivity contribution in [3.05, 3.63) is 65.2 Å². The first-order valence-corrected chi connectivity index (χ1v) is 13.6. The van der Waals surface area contributed by atoms with Crippen molar-refractivity contribution in [3.8, 4) is 0 Å². The number of nitrogens with one attached hydrogen (secondary N) is 1. The maximum Gasteiger partial charge on any atom is 0.244 e. The number of hydrogen-bond acceptors (Lipinski definition) is 4. The molecule has 3 rings (SSSR count). The summed E-state index contributed by atoms with van der Waals surface area (Å²) in [4.78, 5) is 28.2. The quantitative estimate of drug-likeness (QED) is 0.589. The van der Waals surface area contributed by atoms with Crippen molar-refractivity contribution in [1.29, 1.82) is 0 Å². The van der Waals surface area contributed by atoms with E-state index >= 15 is 0 Å². The van der Waals surface area contributed by atoms with Crippen LogP contribution < -0.4 is 9.62 Å². The first-order valence-electron chi connectivity index (χ1n) is 11.8. The van der Waals surface area contributed by atoms with Crippen LogP contribution in [0.4, 0.5) is 5.69 Å². The number of aryl methyl sites for hydroxylation is 2. The van der Waals surface area contributed by atoms with E-state index < -0.39 is 22.0 Å². The van der Waals surface area contributed by atoms with Crippen LogP contribution in [0.2, 0.25) is 0 Å². The second kappa shape index (κ2) is 11.0. The predicted molar refractivity (Wildman–Crippen MR) is 135 cm³/mol. The molecule has 1 saturated carbocycles. The Morgan fingerprint density at radius 3 is 2.15 bits per heavy atom. The Morgan fingerprint density at radius 2 is 1.59 bits per heavy atom. The first kappa shape index (κ1) is 25.7. The van der Waals surface area contributed by atoms with Crippen molar-refractivity contribution < 1.29 is 18.0 Å². The molecule has 1 aliphatic rings. The number of rotatable bonds is 9. The molecule has 1 atom stereocenters. The number of nitrogens with zero attached hydrogens (tertiary/aromatic N) is 2. The van der Waals surface area contributed by atoms with Gasteiger partial charge in [0.05, 0.1) is 11.9 Å². The van der Waals surface area contributed by atoms with Crippen LogP contribution in [0.15, 0.2) is 48.5 Å². The second-order valence-electron chi connectivity index (χ2n) is 9.18. The standard InChI is InChI=1S/C26H35N3O4S/c1-19-11-10-12-20(2)25(19)29(34(4,32)33)18-24(30)28(17-22-13-6-5-7-14-22)21(3)26(31)27-23-15-8-9-16-23/h5-7,10-14,21,23H,8-9,15-18H2,1-4H3,(H,27,31). The molecule has 0 aliphatic heterocycles. The highest BCUT2D eigenvalue weighted by molar-refractivity contribution is 7.92. The summed E-state index contributed by atoms with van der Waals surface area (Å²) < 4.78 is 26.7. The molecule has 34 heavy (non-hydrogen) atoms. The Morgan fingerprint density at radius 1 is 1.00 bits per heavy atom. The lowest BCUT2D eigenvalue weighted by Gasteiger charge is -2.32. The molecule has 7 nitrogen and oxygen atoms in total. The summed E-state index contributed by atoms with van der Waals surface area (Å²) >= 11 is 0. The van der Waals surface area contributed by atoms with Gasteiger partial charge in [-0.25, -0.2) is 8.42 Å². The van der Waals surface area contributed by atoms with Crippen LogP contribution in [0.5, 0.6) is 0 Å². The summed E-state index contributed by atoms with van der Waals surface area (Å²) in [5, 5.41) is 3.07. The third-order valence-electron chi connectivity index (χ3n) is 6.43. The van der Waals surface area contributed by atoms with Crippen molar-refractivity contribution in [3.63, 3.8) is 0 Å². The van der Waals surface area contributed by atoms with Gasteiger partial charge in [0.1, 0.15) is 12.6 Å². The zero-order valence-electron chi connectivity index (χ0n) is 20.5. The van der Waals surface area contributed by atoms with Crippen LogP contribution in [0, 0.1) is 13.8 Å². The largest absolute Gasteiger partial charge is 0.352 e. The number of amides is 2. The van der Waals surface area contributed by atoms with Crippen molar-refractivity contribution >= 4 is 27.5 Å². The van der Waals surface area contributed by atoms with E-state index in [-0.39, 0.29) is 25.0 Å². The van der Waals surface area contributed by atoms with Crippen LogP contribution >= 0.6 is 0 Å². The minimum Gasteiger partial charge on any atom is -0.352 e. The summed E-state index contributed by atoms with van der Waals surface area (Å²) in [6, 6.07) is 14.3. The van der Waals surface area contributed by atoms with Crippen LogP contribution in [0.3, 0.4) is 0 Å². The Balaban J connectivity index is 1.90. The molecule has 2 amide bonds. The summed E-state index contributed by atoms with van der Waals surface area (Å²) in [5.74, 6) is -0.639. The van der Waals surface area contributed by atoms with E-state index in [0.717, 1.165) is 52.9 Å². The van der Waals surface area contributed by atoms with Gasteiger partial charge in [0.25, 0.3) is 0 Å². The van der Waals surface area contributed by atoms with Gasteiger partial charge in [0.2, 0.25) is 21.8 Å². The van der Waals surface area contributed by atoms with Crippen LogP contribution in [0.1, 0.15) is 49.3 Å². The van der Waals surface area contributed by atoms with Gasteiger partial charge in [-0.1, -0.05) is 61.4 Å². The van der Waals surface area contributed by atoms with E-state index in [1.54, 1.807) is 6.92 Å². The summed E-state index contributed by atoms with van der Waals surface area (Å²) in [6.07, 6.45) is 5.17. The summed E-state index contributed by atoms with van der Waals surface area (Å²) in [5.41, 5.74) is 2.90. The SMILES string of the molecule is Cc1cccc(C)c1N(CC(=O)N(Cc1ccccc1)C(C)C(=O)NC1CCCC1)S(C)(=O)=O. The average Bonchev–Trinajstić information content (AvgIpc) is 3.29. The molecule has 2 aromatic carbocycles. The minimum atomic E-state index is -3.74. The predicted octanol–water partition coefficient (Wildman–Crippen LogP) is 3.55. The second-order valence-corrected chi connectivity index (χ2v) is 11.1. The summed E-state index contributed by atoms with van der Waals surface area (Å²) in [6.45, 7) is 5.19. The number of sulfonamides is 1. The lowest BCUT2D eigenvalue weighted by molar-refractivity contribution is -0.139. The van der Waals surface area contributed by atoms with Crippen LogP contribution in [-0.2, 0) is 26.2 Å². The summed E-state index contributed by atoms with van der Waals surface area (Å²) in [7, 11) is -3.74. The van der Waals surface area contributed by atoms with E-state index in [0.29, 0.717) is 5.69 Å². The lowest BCUT2D eigenvalue weighted by Crippen LogP contribution is -2.52. The van der Waals surface area contributed by atoms with E-state index in [2.05, 4.69) is 5.32 Å². The van der Waals surface area contributed by atoms with Gasteiger partial charge in [-0.2, -0.15) is 0 Å². The Labute approximate surface area is 203 Å². The highest BCUT2D eigenvalue weighted by atomic mass is 32.2. The van der Waals surface area contributed by atoms with Crippen LogP contribution in [0.25, 0.3) is 0 Å². The molecule has 0 bridgehead atoms. The van der Waals surface area contributed by atoms with E-state index in [4.69, 9.17) is 0 Å². The maximum atomic E-state index is 13.6. The molecule has 1 unspecified atom stereocenters. The molecular formula is C26H35N3O4S. The van der Waals surface area contributed by atoms with Crippen molar-refractivity contribution in [2.45, 2.75) is 65.1 Å². The van der Waals surface area contributed by atoms with Gasteiger partial charge >= 0.3 is 0 Å². The fourth-order valence-corrected chi connectivity index (χ4v) is 5.49. The first-order chi connectivity index (χ1) is 16.1. The Bertz CT molecular complexity index is 1090. The van der Waals surface area contributed by atoms with Gasteiger partial charge in [0, 0.05) is 12.6 Å². The molecule has 184 valence electrons. The van der Waals surface area contributed by atoms with Gasteiger partial charge in [-0.05, 0) is 50.3 Å². The smallest absolute Gasteiger partial charge is 0.244 e. The number of anilines is 1. The fraction of sp³-hybridized carbons (Fsp3) is 0.462. The molecular weight excluding hydrogens is 450 g/mol. The third kappa shape index (κ3) is 6.38. The fourth-order valence-electron chi connectivity index (χ4n) is 4.53. The normalized spacial score (nSPS) is 15.1. The molecule has 1 fully saturated rings. The zero-order valence-corrected chi connectivity index (χ0v) is 21.3. The third-order valence-corrected chi connectivity index (χ3v) is 7.55. The van der Waals surface area contributed by atoms with Gasteiger partial charge in [-0.3, -0.25) is 13.9 Å². The highest BCUT2D eigenvalue weighted by Crippen LogP contribution is 2.27. The number of benzene rings is 2. The van der Waals surface area contributed by atoms with E-state index in [9.17, 15) is 18.0 Å². The molecule has 2 aromatic rings. The Kier molecular flexibility index (Phi) is 8.36. The van der Waals surface area contributed by atoms with Crippen molar-refractivity contribution in [1.82, 2.24) is 10.2 Å². The molecule has 1 aliphatic carbocycles. The van der Waals surface area contributed by atoms with Gasteiger partial charge < -0.3 is 10.2 Å².